The van der Waals surface area contributed by atoms with Gasteiger partial charge in [0.15, 0.2) is 5.78 Å². The maximum Gasteiger partial charge on any atom is 0.168 e. The summed E-state index contributed by atoms with van der Waals surface area (Å²) >= 11 is 0. The molecular weight excluding hydrogens is 266 g/mol. The molecule has 4 heteroatoms. The molecule has 0 aromatic carbocycles. The molecule has 0 fully saturated rings. The molecule has 0 heterocycles. The maximum absolute atomic E-state index is 12.1. The number of ketones is 2. The number of unbranched alkanes of at least 4 members (excludes halogenated alkanes) is 2. The van der Waals surface area contributed by atoms with Crippen LogP contribution in [0.5, 0.6) is 0 Å². The lowest BCUT2D eigenvalue weighted by molar-refractivity contribution is -0.118. The van der Waals surface area contributed by atoms with Gasteiger partial charge in [0.25, 0.3) is 0 Å². The van der Waals surface area contributed by atoms with Gasteiger partial charge < -0.3 is 9.90 Å². The molecule has 0 aromatic heterocycles. The third kappa shape index (κ3) is 5.82. The summed E-state index contributed by atoms with van der Waals surface area (Å²) in [5.41, 5.74) is 0.884. The number of hydrogen-bond donors (Lipinski definition) is 1. The average Bonchev–Trinajstić information content (AvgIpc) is 2.30. The third-order valence-electron chi connectivity index (χ3n) is 3.75. The molecule has 0 amide bonds. The summed E-state index contributed by atoms with van der Waals surface area (Å²) in [5.74, 6) is 0.385. The quantitative estimate of drug-likeness (QED) is 0.573. The molecule has 118 valence electrons. The van der Waals surface area contributed by atoms with E-state index in [4.69, 9.17) is 0 Å². The lowest BCUT2D eigenvalue weighted by Crippen LogP contribution is -2.28. The highest BCUT2D eigenvalue weighted by molar-refractivity contribution is 6.22. The van der Waals surface area contributed by atoms with Gasteiger partial charge in [0.05, 0.1) is 5.57 Å². The second-order valence-electron chi connectivity index (χ2n) is 6.74. The first kappa shape index (κ1) is 17.6. The van der Waals surface area contributed by atoms with Gasteiger partial charge in [0.2, 0.25) is 0 Å². The van der Waals surface area contributed by atoms with E-state index in [0.29, 0.717) is 37.1 Å². The van der Waals surface area contributed by atoms with Gasteiger partial charge in [-0.1, -0.05) is 20.3 Å². The monoisotopic (exact) mass is 293 g/mol. The highest BCUT2D eigenvalue weighted by Gasteiger charge is 2.33. The molecule has 0 aliphatic heterocycles. The largest absolute Gasteiger partial charge is 0.511 e. The molecular formula is C17H27NO3. The molecule has 0 radical (unpaired) electrons. The van der Waals surface area contributed by atoms with Gasteiger partial charge >= 0.3 is 0 Å². The Morgan fingerprint density at radius 2 is 1.86 bits per heavy atom. The van der Waals surface area contributed by atoms with Crippen LogP contribution in [0.15, 0.2) is 16.3 Å². The van der Waals surface area contributed by atoms with Gasteiger partial charge in [-0.3, -0.25) is 9.79 Å². The number of aliphatic hydroxyl groups excluding tert-OH is 1. The fourth-order valence-corrected chi connectivity index (χ4v) is 2.69. The first-order chi connectivity index (χ1) is 9.73. The lowest BCUT2D eigenvalue weighted by atomic mass is 9.76. The first-order valence-electron chi connectivity index (χ1n) is 7.69. The highest BCUT2D eigenvalue weighted by atomic mass is 16.3. The number of rotatable bonds is 7. The van der Waals surface area contributed by atoms with Crippen LogP contribution >= 0.6 is 0 Å². The van der Waals surface area contributed by atoms with E-state index in [2.05, 4.69) is 4.99 Å². The minimum Gasteiger partial charge on any atom is -0.511 e. The first-order valence-corrected chi connectivity index (χ1v) is 7.69. The van der Waals surface area contributed by atoms with Crippen molar-refractivity contribution >= 4 is 17.3 Å². The zero-order valence-corrected chi connectivity index (χ0v) is 13.7. The topological polar surface area (TPSA) is 66.7 Å². The smallest absolute Gasteiger partial charge is 0.168 e. The van der Waals surface area contributed by atoms with Crippen molar-refractivity contribution in [1.82, 2.24) is 0 Å². The standard InChI is InChI=1S/C17H27NO3/c1-12(19)8-6-5-7-9-18-13(2)16-14(20)10-17(3,4)11-15(16)21/h20H,5-11H2,1-4H3. The second kappa shape index (κ2) is 7.53. The average molecular weight is 293 g/mol. The Bertz CT molecular complexity index is 472. The number of aliphatic imine (C=N–C) groups is 1. The number of hydrogen-bond acceptors (Lipinski definition) is 4. The number of nitrogens with zero attached hydrogens (tertiary/aromatic N) is 1. The van der Waals surface area contributed by atoms with Crippen molar-refractivity contribution in [2.75, 3.05) is 6.54 Å². The van der Waals surface area contributed by atoms with Gasteiger partial charge in [-0.05, 0) is 32.1 Å². The van der Waals surface area contributed by atoms with E-state index in [1.54, 1.807) is 13.8 Å². The van der Waals surface area contributed by atoms with Crippen LogP contribution in [0.1, 0.15) is 66.2 Å². The number of carbonyl (C=O) groups is 2. The van der Waals surface area contributed by atoms with Crippen molar-refractivity contribution < 1.29 is 14.7 Å². The predicted molar refractivity (Wildman–Crippen MR) is 84.8 cm³/mol. The van der Waals surface area contributed by atoms with Crippen molar-refractivity contribution in [2.45, 2.75) is 66.2 Å². The van der Waals surface area contributed by atoms with Crippen molar-refractivity contribution in [3.63, 3.8) is 0 Å². The molecule has 0 saturated heterocycles. The molecule has 0 atom stereocenters. The molecule has 1 aliphatic carbocycles. The fourth-order valence-electron chi connectivity index (χ4n) is 2.69. The summed E-state index contributed by atoms with van der Waals surface area (Å²) in [6, 6.07) is 0. The molecule has 1 aliphatic rings. The van der Waals surface area contributed by atoms with Crippen LogP contribution in [-0.2, 0) is 9.59 Å². The second-order valence-corrected chi connectivity index (χ2v) is 6.74. The van der Waals surface area contributed by atoms with Crippen LogP contribution in [0.4, 0.5) is 0 Å². The number of carbonyl (C=O) groups excluding carboxylic acids is 2. The van der Waals surface area contributed by atoms with Crippen LogP contribution in [0.3, 0.4) is 0 Å². The lowest BCUT2D eigenvalue weighted by Gasteiger charge is -2.29. The summed E-state index contributed by atoms with van der Waals surface area (Å²) in [5, 5.41) is 10.1. The summed E-state index contributed by atoms with van der Waals surface area (Å²) in [4.78, 5) is 27.4. The van der Waals surface area contributed by atoms with Crippen LogP contribution in [0.2, 0.25) is 0 Å². The van der Waals surface area contributed by atoms with Crippen LogP contribution < -0.4 is 0 Å². The molecule has 0 unspecified atom stereocenters. The molecule has 0 saturated carbocycles. The number of allylic oxidation sites excluding steroid dienone is 2. The van der Waals surface area contributed by atoms with E-state index < -0.39 is 0 Å². The maximum atomic E-state index is 12.1. The Labute approximate surface area is 127 Å². The Morgan fingerprint density at radius 3 is 2.43 bits per heavy atom. The summed E-state index contributed by atoms with van der Waals surface area (Å²) in [7, 11) is 0. The molecule has 0 aromatic rings. The van der Waals surface area contributed by atoms with Crippen LogP contribution in [0, 0.1) is 5.41 Å². The molecule has 4 nitrogen and oxygen atoms in total. The summed E-state index contributed by atoms with van der Waals surface area (Å²) < 4.78 is 0. The van der Waals surface area contributed by atoms with Crippen molar-refractivity contribution in [3.05, 3.63) is 11.3 Å². The van der Waals surface area contributed by atoms with E-state index in [1.165, 1.54) is 0 Å². The van der Waals surface area contributed by atoms with E-state index in [-0.39, 0.29) is 22.7 Å². The normalized spacial score (nSPS) is 19.0. The summed E-state index contributed by atoms with van der Waals surface area (Å²) in [6.45, 7) is 8.00. The molecule has 1 rings (SSSR count). The minimum absolute atomic E-state index is 0.0124. The fraction of sp³-hybridized carbons (Fsp3) is 0.706. The van der Waals surface area contributed by atoms with Crippen molar-refractivity contribution in [2.24, 2.45) is 10.4 Å². The highest BCUT2D eigenvalue weighted by Crippen LogP contribution is 2.36. The number of aliphatic hydroxyl groups is 1. The predicted octanol–water partition coefficient (Wildman–Crippen LogP) is 3.80. The summed E-state index contributed by atoms with van der Waals surface area (Å²) in [6.07, 6.45) is 4.37. The van der Waals surface area contributed by atoms with E-state index in [9.17, 15) is 14.7 Å². The number of Topliss-reactive ketones (excluding diaryl/α,β-unsaturated/α-hetero) is 2. The SMILES string of the molecule is CC(=O)CCCCCN=C(C)C1=C(O)CC(C)(C)CC1=O. The van der Waals surface area contributed by atoms with Gasteiger partial charge in [-0.15, -0.1) is 0 Å². The minimum atomic E-state index is -0.169. The zero-order valence-electron chi connectivity index (χ0n) is 13.7. The van der Waals surface area contributed by atoms with Gasteiger partial charge in [-0.25, -0.2) is 0 Å². The van der Waals surface area contributed by atoms with Crippen LogP contribution in [0.25, 0.3) is 0 Å². The van der Waals surface area contributed by atoms with E-state index in [1.807, 2.05) is 13.8 Å². The van der Waals surface area contributed by atoms with E-state index in [0.717, 1.165) is 19.3 Å². The Balaban J connectivity index is 2.54. The molecule has 21 heavy (non-hydrogen) atoms. The van der Waals surface area contributed by atoms with Gasteiger partial charge in [-0.2, -0.15) is 0 Å². The molecule has 0 bridgehead atoms. The zero-order chi connectivity index (χ0) is 16.0. The Morgan fingerprint density at radius 1 is 1.19 bits per heavy atom. The van der Waals surface area contributed by atoms with Crippen molar-refractivity contribution in [1.29, 1.82) is 0 Å². The van der Waals surface area contributed by atoms with Crippen LogP contribution in [-0.4, -0.2) is 28.9 Å². The van der Waals surface area contributed by atoms with Crippen molar-refractivity contribution in [3.8, 4) is 0 Å². The third-order valence-corrected chi connectivity index (χ3v) is 3.75. The molecule has 0 spiro atoms. The molecule has 1 N–H and O–H groups in total. The van der Waals surface area contributed by atoms with Gasteiger partial charge in [0.1, 0.15) is 11.5 Å². The van der Waals surface area contributed by atoms with E-state index >= 15 is 0 Å². The Kier molecular flexibility index (Phi) is 6.31. The van der Waals surface area contributed by atoms with Gasteiger partial charge in [0, 0.05) is 31.5 Å². The Hall–Kier alpha value is -1.45.